The molecule has 1 aliphatic rings. The van der Waals surface area contributed by atoms with Crippen LogP contribution in [0.1, 0.15) is 30.9 Å². The van der Waals surface area contributed by atoms with Crippen LogP contribution in [0, 0.1) is 19.3 Å². The third-order valence-corrected chi connectivity index (χ3v) is 4.22. The molecule has 1 aromatic carbocycles. The molecule has 4 heteroatoms. The van der Waals surface area contributed by atoms with E-state index in [1.165, 1.54) is 7.11 Å². The minimum absolute atomic E-state index is 0.0379. The number of rotatable bonds is 4. The summed E-state index contributed by atoms with van der Waals surface area (Å²) in [5, 5.41) is 0. The van der Waals surface area contributed by atoms with Crippen molar-refractivity contribution >= 4 is 17.6 Å². The van der Waals surface area contributed by atoms with E-state index in [0.29, 0.717) is 13.0 Å². The minimum atomic E-state index is -0.827. The predicted molar refractivity (Wildman–Crippen MR) is 86.8 cm³/mol. The van der Waals surface area contributed by atoms with Crippen LogP contribution < -0.4 is 4.90 Å². The van der Waals surface area contributed by atoms with Crippen LogP contribution in [-0.4, -0.2) is 25.5 Å². The molecule has 2 rings (SSSR count). The zero-order valence-electron chi connectivity index (χ0n) is 13.7. The van der Waals surface area contributed by atoms with E-state index < -0.39 is 5.41 Å². The number of hydrogen-bond donors (Lipinski definition) is 0. The van der Waals surface area contributed by atoms with Crippen molar-refractivity contribution in [3.63, 3.8) is 0 Å². The monoisotopic (exact) mass is 301 g/mol. The highest BCUT2D eigenvalue weighted by molar-refractivity contribution is 6.02. The number of esters is 1. The molecule has 1 atom stereocenters. The molecule has 22 heavy (non-hydrogen) atoms. The number of carbonyl (C=O) groups excluding carboxylic acids is 2. The maximum atomic E-state index is 12.6. The molecule has 0 bridgehead atoms. The highest BCUT2D eigenvalue weighted by atomic mass is 16.5. The Hall–Kier alpha value is -2.10. The lowest BCUT2D eigenvalue weighted by atomic mass is 9.81. The molecule has 0 aliphatic carbocycles. The molecule has 1 unspecified atom stereocenters. The Morgan fingerprint density at radius 3 is 2.45 bits per heavy atom. The molecule has 0 saturated carbocycles. The second-order valence-electron chi connectivity index (χ2n) is 6.30. The van der Waals surface area contributed by atoms with E-state index in [4.69, 9.17) is 4.74 Å². The van der Waals surface area contributed by atoms with Crippen LogP contribution in [0.2, 0.25) is 0 Å². The van der Waals surface area contributed by atoms with Gasteiger partial charge in [-0.15, -0.1) is 6.58 Å². The lowest BCUT2D eigenvalue weighted by Gasteiger charge is -2.27. The standard InChI is InChI=1S/C18H23NO3/c1-12(2)9-18(17(21)22-5)10-15(20)19(11-18)16-13(3)7-6-8-14(16)4/h6-8H,1,9-11H2,2-5H3. The number of benzene rings is 1. The van der Waals surface area contributed by atoms with Crippen molar-refractivity contribution in [2.45, 2.75) is 33.6 Å². The first-order valence-corrected chi connectivity index (χ1v) is 7.40. The number of ether oxygens (including phenoxy) is 1. The molecule has 1 aromatic rings. The third kappa shape index (κ3) is 2.78. The number of allylic oxidation sites excluding steroid dienone is 1. The zero-order valence-corrected chi connectivity index (χ0v) is 13.7. The Bertz CT molecular complexity index is 615. The molecule has 1 aliphatic heterocycles. The van der Waals surface area contributed by atoms with Crippen molar-refractivity contribution in [3.05, 3.63) is 41.5 Å². The van der Waals surface area contributed by atoms with E-state index in [0.717, 1.165) is 22.4 Å². The number of aryl methyl sites for hydroxylation is 2. The van der Waals surface area contributed by atoms with Gasteiger partial charge in [-0.2, -0.15) is 0 Å². The highest BCUT2D eigenvalue weighted by Crippen LogP contribution is 2.41. The Morgan fingerprint density at radius 1 is 1.36 bits per heavy atom. The second kappa shape index (κ2) is 5.95. The quantitative estimate of drug-likeness (QED) is 0.634. The van der Waals surface area contributed by atoms with Crippen molar-refractivity contribution in [1.29, 1.82) is 0 Å². The van der Waals surface area contributed by atoms with Gasteiger partial charge in [0.25, 0.3) is 0 Å². The Balaban J connectivity index is 2.44. The van der Waals surface area contributed by atoms with Crippen molar-refractivity contribution in [1.82, 2.24) is 0 Å². The van der Waals surface area contributed by atoms with E-state index in [-0.39, 0.29) is 18.3 Å². The van der Waals surface area contributed by atoms with Crippen LogP contribution in [-0.2, 0) is 14.3 Å². The first-order chi connectivity index (χ1) is 10.3. The smallest absolute Gasteiger partial charge is 0.314 e. The first kappa shape index (κ1) is 16.3. The summed E-state index contributed by atoms with van der Waals surface area (Å²) in [6.45, 7) is 10.1. The number of para-hydroxylation sites is 1. The Morgan fingerprint density at radius 2 is 1.95 bits per heavy atom. The summed E-state index contributed by atoms with van der Waals surface area (Å²) in [6.07, 6.45) is 0.632. The summed E-state index contributed by atoms with van der Waals surface area (Å²) in [5.74, 6) is -0.373. The van der Waals surface area contributed by atoms with Gasteiger partial charge in [0.15, 0.2) is 0 Å². The molecule has 1 saturated heterocycles. The van der Waals surface area contributed by atoms with Gasteiger partial charge in [-0.25, -0.2) is 0 Å². The van der Waals surface area contributed by atoms with Crippen LogP contribution in [0.25, 0.3) is 0 Å². The predicted octanol–water partition coefficient (Wildman–Crippen LogP) is 3.17. The summed E-state index contributed by atoms with van der Waals surface area (Å²) in [7, 11) is 1.37. The molecule has 118 valence electrons. The van der Waals surface area contributed by atoms with Gasteiger partial charge in [-0.05, 0) is 38.3 Å². The van der Waals surface area contributed by atoms with Gasteiger partial charge in [0.2, 0.25) is 5.91 Å². The SMILES string of the molecule is C=C(C)CC1(C(=O)OC)CC(=O)N(c2c(C)cccc2C)C1. The average molecular weight is 301 g/mol. The number of carbonyl (C=O) groups is 2. The lowest BCUT2D eigenvalue weighted by molar-refractivity contribution is -0.152. The number of methoxy groups -OCH3 is 1. The molecule has 0 radical (unpaired) electrons. The molecule has 1 fully saturated rings. The van der Waals surface area contributed by atoms with Gasteiger partial charge in [0, 0.05) is 18.7 Å². The number of hydrogen-bond acceptors (Lipinski definition) is 3. The number of anilines is 1. The lowest BCUT2D eigenvalue weighted by Crippen LogP contribution is -2.36. The normalized spacial score (nSPS) is 21.1. The van der Waals surface area contributed by atoms with Gasteiger partial charge >= 0.3 is 5.97 Å². The van der Waals surface area contributed by atoms with Crippen molar-refractivity contribution in [2.24, 2.45) is 5.41 Å². The summed E-state index contributed by atoms with van der Waals surface area (Å²) in [6, 6.07) is 5.93. The first-order valence-electron chi connectivity index (χ1n) is 7.40. The van der Waals surface area contributed by atoms with Crippen LogP contribution in [0.5, 0.6) is 0 Å². The van der Waals surface area contributed by atoms with Crippen LogP contribution in [0.4, 0.5) is 5.69 Å². The fraction of sp³-hybridized carbons (Fsp3) is 0.444. The molecule has 0 aromatic heterocycles. The van der Waals surface area contributed by atoms with E-state index >= 15 is 0 Å². The molecule has 1 heterocycles. The Kier molecular flexibility index (Phi) is 4.40. The fourth-order valence-electron chi connectivity index (χ4n) is 3.39. The summed E-state index contributed by atoms with van der Waals surface area (Å²) >= 11 is 0. The van der Waals surface area contributed by atoms with Crippen LogP contribution in [0.3, 0.4) is 0 Å². The topological polar surface area (TPSA) is 46.6 Å². The van der Waals surface area contributed by atoms with Crippen LogP contribution in [0.15, 0.2) is 30.4 Å². The van der Waals surface area contributed by atoms with Crippen molar-refractivity contribution < 1.29 is 14.3 Å². The molecule has 0 N–H and O–H groups in total. The van der Waals surface area contributed by atoms with Gasteiger partial charge < -0.3 is 9.64 Å². The molecular weight excluding hydrogens is 278 g/mol. The summed E-state index contributed by atoms with van der Waals surface area (Å²) < 4.78 is 4.97. The van der Waals surface area contributed by atoms with Crippen molar-refractivity contribution in [3.8, 4) is 0 Å². The van der Waals surface area contributed by atoms with Crippen LogP contribution >= 0.6 is 0 Å². The fourth-order valence-corrected chi connectivity index (χ4v) is 3.39. The van der Waals surface area contributed by atoms with Gasteiger partial charge in [-0.1, -0.05) is 23.8 Å². The van der Waals surface area contributed by atoms with E-state index in [9.17, 15) is 9.59 Å². The minimum Gasteiger partial charge on any atom is -0.469 e. The highest BCUT2D eigenvalue weighted by Gasteiger charge is 2.50. The summed E-state index contributed by atoms with van der Waals surface area (Å²) in [4.78, 5) is 26.6. The second-order valence-corrected chi connectivity index (χ2v) is 6.30. The van der Waals surface area contributed by atoms with E-state index in [2.05, 4.69) is 6.58 Å². The number of nitrogens with zero attached hydrogens (tertiary/aromatic N) is 1. The molecule has 1 amide bonds. The maximum Gasteiger partial charge on any atom is 0.314 e. The van der Waals surface area contributed by atoms with E-state index in [1.54, 1.807) is 4.90 Å². The Labute approximate surface area is 131 Å². The van der Waals surface area contributed by atoms with Gasteiger partial charge in [-0.3, -0.25) is 9.59 Å². The largest absolute Gasteiger partial charge is 0.469 e. The van der Waals surface area contributed by atoms with Crippen molar-refractivity contribution in [2.75, 3.05) is 18.6 Å². The third-order valence-electron chi connectivity index (χ3n) is 4.22. The maximum absolute atomic E-state index is 12.6. The molecular formula is C18H23NO3. The molecule has 0 spiro atoms. The zero-order chi connectivity index (χ0) is 16.5. The van der Waals surface area contributed by atoms with Gasteiger partial charge in [0.1, 0.15) is 0 Å². The summed E-state index contributed by atoms with van der Waals surface area (Å²) in [5.41, 5.74) is 3.02. The average Bonchev–Trinajstić information content (AvgIpc) is 2.75. The molecule has 4 nitrogen and oxygen atoms in total. The van der Waals surface area contributed by atoms with E-state index in [1.807, 2.05) is 39.0 Å². The number of amides is 1. The van der Waals surface area contributed by atoms with Gasteiger partial charge in [0.05, 0.1) is 12.5 Å².